The van der Waals surface area contributed by atoms with Gasteiger partial charge in [-0.2, -0.15) is 0 Å². The quantitative estimate of drug-likeness (QED) is 0.770. The van der Waals surface area contributed by atoms with E-state index < -0.39 is 0 Å². The molecule has 3 heteroatoms. The van der Waals surface area contributed by atoms with Gasteiger partial charge in [-0.05, 0) is 26.2 Å². The molecule has 0 spiro atoms. The number of hydrogen-bond acceptors (Lipinski definition) is 2. The number of piperazine rings is 1. The lowest BCUT2D eigenvalue weighted by Crippen LogP contribution is -2.52. The average Bonchev–Trinajstić information content (AvgIpc) is 2.47. The standard InChI is InChI=1S/C15H28N2O/c1-3-13(2)16-9-11-17(12-10-16)15(18)14-7-5-4-6-8-14/h13-14H,3-12H2,1-2H3. The van der Waals surface area contributed by atoms with Gasteiger partial charge in [-0.15, -0.1) is 0 Å². The van der Waals surface area contributed by atoms with E-state index in [9.17, 15) is 4.79 Å². The van der Waals surface area contributed by atoms with Crippen molar-refractivity contribution in [1.82, 2.24) is 9.80 Å². The van der Waals surface area contributed by atoms with E-state index in [1.54, 1.807) is 0 Å². The lowest BCUT2D eigenvalue weighted by Gasteiger charge is -2.39. The third-order valence-corrected chi connectivity index (χ3v) is 4.79. The molecule has 2 fully saturated rings. The first-order valence-electron chi connectivity index (χ1n) is 7.75. The van der Waals surface area contributed by atoms with Crippen molar-refractivity contribution in [2.45, 2.75) is 58.4 Å². The van der Waals surface area contributed by atoms with Crippen molar-refractivity contribution < 1.29 is 4.79 Å². The smallest absolute Gasteiger partial charge is 0.225 e. The normalized spacial score (nSPS) is 25.1. The number of hydrogen-bond donors (Lipinski definition) is 0. The predicted molar refractivity (Wildman–Crippen MR) is 74.5 cm³/mol. The molecule has 1 saturated carbocycles. The minimum atomic E-state index is 0.342. The van der Waals surface area contributed by atoms with Gasteiger partial charge in [0.15, 0.2) is 0 Å². The van der Waals surface area contributed by atoms with Gasteiger partial charge in [0.25, 0.3) is 0 Å². The zero-order chi connectivity index (χ0) is 13.0. The van der Waals surface area contributed by atoms with E-state index in [-0.39, 0.29) is 0 Å². The summed E-state index contributed by atoms with van der Waals surface area (Å²) in [6.07, 6.45) is 7.30. The summed E-state index contributed by atoms with van der Waals surface area (Å²) in [4.78, 5) is 17.0. The Morgan fingerprint density at radius 1 is 1.11 bits per heavy atom. The first-order chi connectivity index (χ1) is 8.72. The maximum atomic E-state index is 12.4. The summed E-state index contributed by atoms with van der Waals surface area (Å²) in [7, 11) is 0. The van der Waals surface area contributed by atoms with E-state index in [2.05, 4.69) is 23.6 Å². The van der Waals surface area contributed by atoms with Crippen molar-refractivity contribution in [3.63, 3.8) is 0 Å². The summed E-state index contributed by atoms with van der Waals surface area (Å²) >= 11 is 0. The Morgan fingerprint density at radius 3 is 2.28 bits per heavy atom. The first kappa shape index (κ1) is 13.9. The molecule has 1 aliphatic carbocycles. The second kappa shape index (κ2) is 6.55. The highest BCUT2D eigenvalue weighted by molar-refractivity contribution is 5.79. The maximum absolute atomic E-state index is 12.4. The van der Waals surface area contributed by atoms with E-state index in [0.29, 0.717) is 17.9 Å². The monoisotopic (exact) mass is 252 g/mol. The van der Waals surface area contributed by atoms with Crippen LogP contribution in [0.2, 0.25) is 0 Å². The number of rotatable bonds is 3. The van der Waals surface area contributed by atoms with Crippen LogP contribution in [-0.4, -0.2) is 47.9 Å². The summed E-state index contributed by atoms with van der Waals surface area (Å²) in [5.74, 6) is 0.785. The largest absolute Gasteiger partial charge is 0.340 e. The minimum Gasteiger partial charge on any atom is -0.340 e. The van der Waals surface area contributed by atoms with Crippen LogP contribution < -0.4 is 0 Å². The van der Waals surface area contributed by atoms with E-state index in [1.165, 1.54) is 25.7 Å². The van der Waals surface area contributed by atoms with E-state index in [1.807, 2.05) is 0 Å². The SMILES string of the molecule is CCC(C)N1CCN(C(=O)C2CCCCC2)CC1. The van der Waals surface area contributed by atoms with Crippen LogP contribution in [0.1, 0.15) is 52.4 Å². The molecular weight excluding hydrogens is 224 g/mol. The molecule has 2 aliphatic rings. The topological polar surface area (TPSA) is 23.6 Å². The van der Waals surface area contributed by atoms with Crippen LogP contribution in [0.5, 0.6) is 0 Å². The minimum absolute atomic E-state index is 0.342. The Labute approximate surface area is 112 Å². The molecule has 18 heavy (non-hydrogen) atoms. The Bertz CT molecular complexity index is 266. The van der Waals surface area contributed by atoms with Crippen molar-refractivity contribution in [1.29, 1.82) is 0 Å². The summed E-state index contributed by atoms with van der Waals surface area (Å²) in [5.41, 5.74) is 0. The second-order valence-corrected chi connectivity index (χ2v) is 5.95. The van der Waals surface area contributed by atoms with Gasteiger partial charge in [-0.1, -0.05) is 26.2 Å². The van der Waals surface area contributed by atoms with Gasteiger partial charge in [-0.25, -0.2) is 0 Å². The van der Waals surface area contributed by atoms with E-state index >= 15 is 0 Å². The third-order valence-electron chi connectivity index (χ3n) is 4.79. The molecular formula is C15H28N2O. The fraction of sp³-hybridized carbons (Fsp3) is 0.933. The van der Waals surface area contributed by atoms with Crippen molar-refractivity contribution in [2.75, 3.05) is 26.2 Å². The van der Waals surface area contributed by atoms with Gasteiger partial charge in [0.05, 0.1) is 0 Å². The molecule has 2 rings (SSSR count). The van der Waals surface area contributed by atoms with Gasteiger partial charge in [-0.3, -0.25) is 9.69 Å². The van der Waals surface area contributed by atoms with Gasteiger partial charge < -0.3 is 4.90 Å². The summed E-state index contributed by atoms with van der Waals surface area (Å²) in [5, 5.41) is 0. The van der Waals surface area contributed by atoms with E-state index in [0.717, 1.165) is 39.0 Å². The Kier molecular flexibility index (Phi) is 5.04. The number of amides is 1. The second-order valence-electron chi connectivity index (χ2n) is 5.95. The molecule has 0 aromatic heterocycles. The van der Waals surface area contributed by atoms with Crippen molar-refractivity contribution in [3.8, 4) is 0 Å². The molecule has 1 saturated heterocycles. The van der Waals surface area contributed by atoms with Crippen LogP contribution in [0, 0.1) is 5.92 Å². The maximum Gasteiger partial charge on any atom is 0.225 e. The molecule has 0 N–H and O–H groups in total. The van der Waals surface area contributed by atoms with Crippen LogP contribution in [0.3, 0.4) is 0 Å². The van der Waals surface area contributed by atoms with Gasteiger partial charge >= 0.3 is 0 Å². The lowest BCUT2D eigenvalue weighted by atomic mass is 9.88. The Balaban J connectivity index is 1.79. The van der Waals surface area contributed by atoms with Crippen LogP contribution >= 0.6 is 0 Å². The molecule has 0 bridgehead atoms. The summed E-state index contributed by atoms with van der Waals surface area (Å²) in [6, 6.07) is 0.664. The van der Waals surface area contributed by atoms with Gasteiger partial charge in [0.1, 0.15) is 0 Å². The third kappa shape index (κ3) is 3.25. The van der Waals surface area contributed by atoms with E-state index in [4.69, 9.17) is 0 Å². The zero-order valence-corrected chi connectivity index (χ0v) is 12.0. The number of nitrogens with zero attached hydrogens (tertiary/aromatic N) is 2. The van der Waals surface area contributed by atoms with Crippen LogP contribution in [0.15, 0.2) is 0 Å². The van der Waals surface area contributed by atoms with Crippen LogP contribution in [0.4, 0.5) is 0 Å². The predicted octanol–water partition coefficient (Wildman–Crippen LogP) is 2.51. The first-order valence-corrected chi connectivity index (χ1v) is 7.75. The summed E-state index contributed by atoms with van der Waals surface area (Å²) in [6.45, 7) is 8.54. The molecule has 0 aromatic rings. The number of carbonyl (C=O) groups is 1. The number of carbonyl (C=O) groups excluding carboxylic acids is 1. The fourth-order valence-electron chi connectivity index (χ4n) is 3.25. The lowest BCUT2D eigenvalue weighted by molar-refractivity contribution is -0.138. The van der Waals surface area contributed by atoms with Gasteiger partial charge in [0.2, 0.25) is 5.91 Å². The van der Waals surface area contributed by atoms with Gasteiger partial charge in [0, 0.05) is 38.1 Å². The molecule has 3 nitrogen and oxygen atoms in total. The molecule has 1 heterocycles. The Morgan fingerprint density at radius 2 is 1.72 bits per heavy atom. The molecule has 1 amide bonds. The molecule has 0 radical (unpaired) electrons. The highest BCUT2D eigenvalue weighted by Crippen LogP contribution is 2.26. The molecule has 104 valence electrons. The Hall–Kier alpha value is -0.570. The molecule has 1 atom stereocenters. The van der Waals surface area contributed by atoms with Crippen LogP contribution in [0.25, 0.3) is 0 Å². The van der Waals surface area contributed by atoms with Crippen LogP contribution in [-0.2, 0) is 4.79 Å². The zero-order valence-electron chi connectivity index (χ0n) is 12.0. The van der Waals surface area contributed by atoms with Crippen molar-refractivity contribution in [3.05, 3.63) is 0 Å². The average molecular weight is 252 g/mol. The highest BCUT2D eigenvalue weighted by atomic mass is 16.2. The molecule has 1 unspecified atom stereocenters. The molecule has 0 aromatic carbocycles. The highest BCUT2D eigenvalue weighted by Gasteiger charge is 2.29. The van der Waals surface area contributed by atoms with Crippen molar-refractivity contribution in [2.24, 2.45) is 5.92 Å². The van der Waals surface area contributed by atoms with Crippen molar-refractivity contribution >= 4 is 5.91 Å². The molecule has 1 aliphatic heterocycles. The fourth-order valence-corrected chi connectivity index (χ4v) is 3.25. The summed E-state index contributed by atoms with van der Waals surface area (Å²) < 4.78 is 0.